The van der Waals surface area contributed by atoms with Gasteiger partial charge in [0.1, 0.15) is 17.0 Å². The molecule has 0 atom stereocenters. The summed E-state index contributed by atoms with van der Waals surface area (Å²) >= 11 is 1.72. The molecular formula is C14H18N4OS. The van der Waals surface area contributed by atoms with Crippen molar-refractivity contribution in [1.82, 2.24) is 20.3 Å². The fraction of sp³-hybridized carbons (Fsp3) is 0.500. The summed E-state index contributed by atoms with van der Waals surface area (Å²) in [6, 6.07) is 1.84. The summed E-state index contributed by atoms with van der Waals surface area (Å²) in [6.07, 6.45) is 4.04. The average Bonchev–Trinajstić information content (AvgIpc) is 3.25. The molecule has 1 fully saturated rings. The second kappa shape index (κ2) is 5.85. The molecule has 2 aromatic heterocycles. The van der Waals surface area contributed by atoms with E-state index in [4.69, 9.17) is 9.72 Å². The zero-order valence-electron chi connectivity index (χ0n) is 11.7. The van der Waals surface area contributed by atoms with E-state index in [1.54, 1.807) is 18.4 Å². The molecular weight excluding hydrogens is 272 g/mol. The van der Waals surface area contributed by atoms with Crippen LogP contribution in [-0.4, -0.2) is 28.6 Å². The van der Waals surface area contributed by atoms with Gasteiger partial charge < -0.3 is 10.1 Å². The third-order valence-corrected chi connectivity index (χ3v) is 4.39. The number of methoxy groups -OCH3 is 1. The van der Waals surface area contributed by atoms with Crippen molar-refractivity contribution in [2.75, 3.05) is 13.7 Å². The van der Waals surface area contributed by atoms with Gasteiger partial charge in [-0.25, -0.2) is 15.0 Å². The van der Waals surface area contributed by atoms with Gasteiger partial charge in [0, 0.05) is 23.4 Å². The van der Waals surface area contributed by atoms with Gasteiger partial charge in [-0.3, -0.25) is 0 Å². The Bertz CT molecular complexity index is 595. The lowest BCUT2D eigenvalue weighted by atomic mass is 10.2. The molecule has 0 amide bonds. The molecule has 0 radical (unpaired) electrons. The van der Waals surface area contributed by atoms with Crippen molar-refractivity contribution < 1.29 is 4.74 Å². The van der Waals surface area contributed by atoms with E-state index in [1.807, 2.05) is 6.07 Å². The Morgan fingerprint density at radius 2 is 2.25 bits per heavy atom. The molecule has 1 N–H and O–H groups in total. The molecule has 3 rings (SSSR count). The highest BCUT2D eigenvalue weighted by atomic mass is 32.1. The second-order valence-electron chi connectivity index (χ2n) is 4.83. The van der Waals surface area contributed by atoms with E-state index in [0.717, 1.165) is 23.8 Å². The molecule has 1 aliphatic rings. The highest BCUT2D eigenvalue weighted by molar-refractivity contribution is 7.15. The van der Waals surface area contributed by atoms with Gasteiger partial charge in [0.25, 0.3) is 0 Å². The summed E-state index contributed by atoms with van der Waals surface area (Å²) in [5.41, 5.74) is 2.09. The van der Waals surface area contributed by atoms with Crippen molar-refractivity contribution in [2.24, 2.45) is 0 Å². The Morgan fingerprint density at radius 1 is 1.40 bits per heavy atom. The summed E-state index contributed by atoms with van der Waals surface area (Å²) in [5, 5.41) is 4.35. The van der Waals surface area contributed by atoms with Crippen LogP contribution in [0.5, 0.6) is 5.88 Å². The molecule has 20 heavy (non-hydrogen) atoms. The van der Waals surface area contributed by atoms with Gasteiger partial charge in [-0.1, -0.05) is 6.92 Å². The van der Waals surface area contributed by atoms with Crippen LogP contribution in [0.3, 0.4) is 0 Å². The molecule has 0 aromatic carbocycles. The van der Waals surface area contributed by atoms with E-state index in [0.29, 0.717) is 11.8 Å². The van der Waals surface area contributed by atoms with Crippen LogP contribution in [0.4, 0.5) is 0 Å². The summed E-state index contributed by atoms with van der Waals surface area (Å²) in [4.78, 5) is 14.5. The smallest absolute Gasteiger partial charge is 0.216 e. The Balaban J connectivity index is 1.92. The van der Waals surface area contributed by atoms with Crippen LogP contribution < -0.4 is 10.1 Å². The Morgan fingerprint density at radius 3 is 2.95 bits per heavy atom. The summed E-state index contributed by atoms with van der Waals surface area (Å²) in [7, 11) is 1.61. The number of hydrogen-bond acceptors (Lipinski definition) is 6. The van der Waals surface area contributed by atoms with E-state index < -0.39 is 0 Å². The standard InChI is InChI=1S/C14H18N4OS/c1-3-15-7-11-13(9-4-5-9)18-14(20-11)10-6-12(19-2)17-8-16-10/h6,8-9,15H,3-5,7H2,1-2H3. The lowest BCUT2D eigenvalue weighted by Crippen LogP contribution is -2.11. The summed E-state index contributed by atoms with van der Waals surface area (Å²) in [5.74, 6) is 1.23. The SMILES string of the molecule is CCNCc1sc(-c2cc(OC)ncn2)nc1C1CC1. The highest BCUT2D eigenvalue weighted by Gasteiger charge is 2.29. The van der Waals surface area contributed by atoms with Crippen molar-refractivity contribution in [1.29, 1.82) is 0 Å². The van der Waals surface area contributed by atoms with Crippen molar-refractivity contribution >= 4 is 11.3 Å². The molecule has 0 saturated heterocycles. The normalized spacial score (nSPS) is 14.5. The van der Waals surface area contributed by atoms with Crippen LogP contribution in [0.25, 0.3) is 10.7 Å². The predicted molar refractivity (Wildman–Crippen MR) is 79.0 cm³/mol. The summed E-state index contributed by atoms with van der Waals surface area (Å²) < 4.78 is 5.15. The van der Waals surface area contributed by atoms with Gasteiger partial charge in [-0.05, 0) is 19.4 Å². The first kappa shape index (κ1) is 13.5. The summed E-state index contributed by atoms with van der Waals surface area (Å²) in [6.45, 7) is 3.98. The molecule has 2 heterocycles. The van der Waals surface area contributed by atoms with Gasteiger partial charge in [-0.2, -0.15) is 0 Å². The quantitative estimate of drug-likeness (QED) is 0.886. The number of aromatic nitrogens is 3. The zero-order chi connectivity index (χ0) is 13.9. The van der Waals surface area contributed by atoms with Crippen LogP contribution >= 0.6 is 11.3 Å². The number of rotatable bonds is 6. The van der Waals surface area contributed by atoms with E-state index in [9.17, 15) is 0 Å². The van der Waals surface area contributed by atoms with Crippen molar-refractivity contribution in [3.63, 3.8) is 0 Å². The van der Waals surface area contributed by atoms with Crippen molar-refractivity contribution in [3.8, 4) is 16.6 Å². The van der Waals surface area contributed by atoms with E-state index in [-0.39, 0.29) is 0 Å². The largest absolute Gasteiger partial charge is 0.481 e. The van der Waals surface area contributed by atoms with Crippen LogP contribution in [0.2, 0.25) is 0 Å². The fourth-order valence-corrected chi connectivity index (χ4v) is 3.17. The van der Waals surface area contributed by atoms with Gasteiger partial charge >= 0.3 is 0 Å². The number of ether oxygens (including phenoxy) is 1. The fourth-order valence-electron chi connectivity index (χ4n) is 2.08. The average molecular weight is 290 g/mol. The third kappa shape index (κ3) is 2.81. The third-order valence-electron chi connectivity index (χ3n) is 3.30. The molecule has 0 bridgehead atoms. The first-order valence-electron chi connectivity index (χ1n) is 6.88. The maximum atomic E-state index is 5.15. The number of nitrogens with zero attached hydrogens (tertiary/aromatic N) is 3. The lowest BCUT2D eigenvalue weighted by Gasteiger charge is -2.00. The van der Waals surface area contributed by atoms with Crippen molar-refractivity contribution in [3.05, 3.63) is 23.0 Å². The van der Waals surface area contributed by atoms with Gasteiger partial charge in [0.05, 0.1) is 12.8 Å². The minimum atomic E-state index is 0.575. The van der Waals surface area contributed by atoms with Gasteiger partial charge in [0.2, 0.25) is 5.88 Å². The molecule has 5 nitrogen and oxygen atoms in total. The number of thiazole rings is 1. The first-order chi connectivity index (χ1) is 9.81. The molecule has 0 aliphatic heterocycles. The zero-order valence-corrected chi connectivity index (χ0v) is 12.5. The van der Waals surface area contributed by atoms with Gasteiger partial charge in [-0.15, -0.1) is 11.3 Å². The Labute approximate surface area is 122 Å². The second-order valence-corrected chi connectivity index (χ2v) is 5.91. The maximum Gasteiger partial charge on any atom is 0.216 e. The molecule has 2 aromatic rings. The Kier molecular flexibility index (Phi) is 3.93. The maximum absolute atomic E-state index is 5.15. The highest BCUT2D eigenvalue weighted by Crippen LogP contribution is 2.44. The van der Waals surface area contributed by atoms with Gasteiger partial charge in [0.15, 0.2) is 0 Å². The lowest BCUT2D eigenvalue weighted by molar-refractivity contribution is 0.397. The van der Waals surface area contributed by atoms with E-state index >= 15 is 0 Å². The van der Waals surface area contributed by atoms with Crippen LogP contribution in [0.15, 0.2) is 12.4 Å². The van der Waals surface area contributed by atoms with Crippen molar-refractivity contribution in [2.45, 2.75) is 32.2 Å². The monoisotopic (exact) mass is 290 g/mol. The Hall–Kier alpha value is -1.53. The van der Waals surface area contributed by atoms with E-state index in [1.165, 1.54) is 29.7 Å². The number of hydrogen-bond donors (Lipinski definition) is 1. The molecule has 6 heteroatoms. The van der Waals surface area contributed by atoms with Crippen LogP contribution in [0.1, 0.15) is 36.3 Å². The van der Waals surface area contributed by atoms with Crippen LogP contribution in [0, 0.1) is 0 Å². The molecule has 0 unspecified atom stereocenters. The topological polar surface area (TPSA) is 59.9 Å². The minimum Gasteiger partial charge on any atom is -0.481 e. The molecule has 0 spiro atoms. The molecule has 1 saturated carbocycles. The molecule has 1 aliphatic carbocycles. The number of nitrogens with one attached hydrogen (secondary N) is 1. The van der Waals surface area contributed by atoms with Crippen LogP contribution in [-0.2, 0) is 6.54 Å². The predicted octanol–water partition coefficient (Wildman–Crippen LogP) is 2.60. The minimum absolute atomic E-state index is 0.575. The molecule has 106 valence electrons. The first-order valence-corrected chi connectivity index (χ1v) is 7.70. The van der Waals surface area contributed by atoms with E-state index in [2.05, 4.69) is 22.2 Å².